The van der Waals surface area contributed by atoms with Crippen LogP contribution in [0, 0.1) is 5.41 Å². The number of alkyl halides is 3. The van der Waals surface area contributed by atoms with E-state index >= 15 is 0 Å². The lowest BCUT2D eigenvalue weighted by atomic mass is 9.79. The molecule has 6 nitrogen and oxygen atoms in total. The SMILES string of the molecule is CN=C(NCC(O)C(F)(F)F)N1CCCC2(CNC(=O)C2)C1. The second kappa shape index (κ2) is 6.31. The molecule has 1 amide bonds. The first-order valence-electron chi connectivity index (χ1n) is 7.23. The Morgan fingerprint density at radius 1 is 1.59 bits per heavy atom. The lowest BCUT2D eigenvalue weighted by Crippen LogP contribution is -2.53. The molecule has 0 aromatic rings. The van der Waals surface area contributed by atoms with Crippen LogP contribution in [0.5, 0.6) is 0 Å². The molecule has 1 spiro atoms. The third-order valence-corrected chi connectivity index (χ3v) is 4.20. The van der Waals surface area contributed by atoms with Gasteiger partial charge in [0.2, 0.25) is 5.91 Å². The van der Waals surface area contributed by atoms with E-state index < -0.39 is 18.8 Å². The third kappa shape index (κ3) is 3.82. The molecule has 2 aliphatic rings. The average Bonchev–Trinajstić information content (AvgIpc) is 2.79. The molecule has 0 saturated carbocycles. The minimum absolute atomic E-state index is 0.0114. The number of likely N-dealkylation sites (tertiary alicyclic amines) is 1. The van der Waals surface area contributed by atoms with Gasteiger partial charge < -0.3 is 20.6 Å². The lowest BCUT2D eigenvalue weighted by Gasteiger charge is -2.41. The van der Waals surface area contributed by atoms with Crippen LogP contribution in [0.1, 0.15) is 19.3 Å². The van der Waals surface area contributed by atoms with E-state index in [9.17, 15) is 18.0 Å². The number of aliphatic hydroxyl groups excluding tert-OH is 1. The number of halogens is 3. The number of nitrogens with zero attached hydrogens (tertiary/aromatic N) is 2. The van der Waals surface area contributed by atoms with E-state index in [1.54, 1.807) is 0 Å². The summed E-state index contributed by atoms with van der Waals surface area (Å²) in [4.78, 5) is 17.3. The van der Waals surface area contributed by atoms with E-state index in [0.29, 0.717) is 32.0 Å². The summed E-state index contributed by atoms with van der Waals surface area (Å²) in [7, 11) is 1.49. The largest absolute Gasteiger partial charge is 0.416 e. The summed E-state index contributed by atoms with van der Waals surface area (Å²) in [5, 5.41) is 14.4. The van der Waals surface area contributed by atoms with Gasteiger partial charge in [0.25, 0.3) is 0 Å². The third-order valence-electron chi connectivity index (χ3n) is 4.20. The Bertz CT molecular complexity index is 455. The highest BCUT2D eigenvalue weighted by atomic mass is 19.4. The molecule has 0 radical (unpaired) electrons. The van der Waals surface area contributed by atoms with Gasteiger partial charge in [0.1, 0.15) is 0 Å². The number of carbonyl (C=O) groups is 1. The van der Waals surface area contributed by atoms with E-state index in [4.69, 9.17) is 5.11 Å². The molecule has 0 aromatic heterocycles. The van der Waals surface area contributed by atoms with Gasteiger partial charge in [-0.3, -0.25) is 9.79 Å². The summed E-state index contributed by atoms with van der Waals surface area (Å²) in [5.41, 5.74) is -0.171. The summed E-state index contributed by atoms with van der Waals surface area (Å²) in [6, 6.07) is 0. The quantitative estimate of drug-likeness (QED) is 0.497. The predicted molar refractivity (Wildman–Crippen MR) is 74.3 cm³/mol. The Morgan fingerprint density at radius 3 is 2.86 bits per heavy atom. The zero-order valence-corrected chi connectivity index (χ0v) is 12.4. The molecule has 2 rings (SSSR count). The molecular weight excluding hydrogens is 301 g/mol. The summed E-state index contributed by atoms with van der Waals surface area (Å²) in [5.74, 6) is 0.332. The Morgan fingerprint density at radius 2 is 2.32 bits per heavy atom. The van der Waals surface area contributed by atoms with Crippen molar-refractivity contribution in [1.29, 1.82) is 0 Å². The van der Waals surface area contributed by atoms with Crippen molar-refractivity contribution in [3.63, 3.8) is 0 Å². The molecule has 0 aromatic carbocycles. The Hall–Kier alpha value is -1.51. The van der Waals surface area contributed by atoms with Gasteiger partial charge in [-0.1, -0.05) is 0 Å². The Balaban J connectivity index is 1.95. The van der Waals surface area contributed by atoms with Crippen LogP contribution < -0.4 is 10.6 Å². The van der Waals surface area contributed by atoms with E-state index in [2.05, 4.69) is 15.6 Å². The van der Waals surface area contributed by atoms with Crippen LogP contribution in [0.25, 0.3) is 0 Å². The molecular formula is C13H21F3N4O2. The van der Waals surface area contributed by atoms with Crippen LogP contribution in [0.4, 0.5) is 13.2 Å². The standard InChI is InChI=1S/C13H21F3N4O2/c1-17-11(18-6-9(21)13(14,15)16)20-4-2-3-12(8-20)5-10(22)19-7-12/h9,21H,2-8H2,1H3,(H,17,18)(H,19,22). The molecule has 2 saturated heterocycles. The van der Waals surface area contributed by atoms with Crippen molar-refractivity contribution in [3.8, 4) is 0 Å². The van der Waals surface area contributed by atoms with Crippen LogP contribution >= 0.6 is 0 Å². The van der Waals surface area contributed by atoms with Crippen LogP contribution in [0.2, 0.25) is 0 Å². The van der Waals surface area contributed by atoms with Crippen LogP contribution in [0.15, 0.2) is 4.99 Å². The van der Waals surface area contributed by atoms with Gasteiger partial charge in [0.15, 0.2) is 12.1 Å². The number of carbonyl (C=O) groups excluding carboxylic acids is 1. The van der Waals surface area contributed by atoms with E-state index in [0.717, 1.165) is 12.8 Å². The number of nitrogens with one attached hydrogen (secondary N) is 2. The topological polar surface area (TPSA) is 77.0 Å². The second-order valence-corrected chi connectivity index (χ2v) is 5.96. The molecule has 2 atom stereocenters. The maximum atomic E-state index is 12.3. The first-order valence-corrected chi connectivity index (χ1v) is 7.23. The molecule has 2 unspecified atom stereocenters. The summed E-state index contributed by atoms with van der Waals surface area (Å²) >= 11 is 0. The normalized spacial score (nSPS) is 28.0. The van der Waals surface area contributed by atoms with Gasteiger partial charge in [-0.2, -0.15) is 13.2 Å². The van der Waals surface area contributed by atoms with Gasteiger partial charge in [0, 0.05) is 38.5 Å². The minimum Gasteiger partial charge on any atom is -0.382 e. The Labute approximate surface area is 126 Å². The van der Waals surface area contributed by atoms with Crippen LogP contribution in [-0.2, 0) is 4.79 Å². The van der Waals surface area contributed by atoms with Gasteiger partial charge in [-0.05, 0) is 12.8 Å². The highest BCUT2D eigenvalue weighted by molar-refractivity contribution is 5.81. The zero-order chi connectivity index (χ0) is 16.4. The van der Waals surface area contributed by atoms with Crippen molar-refractivity contribution in [2.45, 2.75) is 31.5 Å². The van der Waals surface area contributed by atoms with E-state index in [-0.39, 0.29) is 11.3 Å². The fraction of sp³-hybridized carbons (Fsp3) is 0.846. The molecule has 22 heavy (non-hydrogen) atoms. The number of piperidine rings is 1. The zero-order valence-electron chi connectivity index (χ0n) is 12.4. The maximum Gasteiger partial charge on any atom is 0.416 e. The predicted octanol–water partition coefficient (Wildman–Crippen LogP) is 0.0871. The van der Waals surface area contributed by atoms with Gasteiger partial charge in [0.05, 0.1) is 6.54 Å². The summed E-state index contributed by atoms with van der Waals surface area (Å²) in [6.07, 6.45) is -4.90. The number of aliphatic imine (C=N–C) groups is 1. The smallest absolute Gasteiger partial charge is 0.382 e. The van der Waals surface area contributed by atoms with Crippen molar-refractivity contribution < 1.29 is 23.1 Å². The lowest BCUT2D eigenvalue weighted by molar-refractivity contribution is -0.201. The molecule has 2 fully saturated rings. The van der Waals surface area contributed by atoms with Crippen LogP contribution in [0.3, 0.4) is 0 Å². The summed E-state index contributed by atoms with van der Waals surface area (Å²) in [6.45, 7) is 1.17. The number of aliphatic hydroxyl groups is 1. The number of hydrogen-bond donors (Lipinski definition) is 3. The van der Waals surface area contributed by atoms with E-state index in [1.165, 1.54) is 7.05 Å². The van der Waals surface area contributed by atoms with Gasteiger partial charge in [-0.15, -0.1) is 0 Å². The number of rotatable bonds is 2. The number of guanidine groups is 1. The molecule has 0 aliphatic carbocycles. The minimum atomic E-state index is -4.66. The average molecular weight is 322 g/mol. The highest BCUT2D eigenvalue weighted by Gasteiger charge is 2.43. The van der Waals surface area contributed by atoms with Gasteiger partial charge >= 0.3 is 6.18 Å². The fourth-order valence-electron chi connectivity index (χ4n) is 3.06. The highest BCUT2D eigenvalue weighted by Crippen LogP contribution is 2.36. The maximum absolute atomic E-state index is 12.3. The molecule has 2 aliphatic heterocycles. The molecule has 3 N–H and O–H groups in total. The van der Waals surface area contributed by atoms with Crippen molar-refractivity contribution >= 4 is 11.9 Å². The first-order chi connectivity index (χ1) is 10.3. The second-order valence-electron chi connectivity index (χ2n) is 5.96. The molecule has 9 heteroatoms. The van der Waals surface area contributed by atoms with Gasteiger partial charge in [-0.25, -0.2) is 0 Å². The van der Waals surface area contributed by atoms with Crippen molar-refractivity contribution in [2.24, 2.45) is 10.4 Å². The Kier molecular flexibility index (Phi) is 4.84. The first kappa shape index (κ1) is 16.9. The van der Waals surface area contributed by atoms with Crippen molar-refractivity contribution in [1.82, 2.24) is 15.5 Å². The fourth-order valence-corrected chi connectivity index (χ4v) is 3.06. The summed E-state index contributed by atoms with van der Waals surface area (Å²) < 4.78 is 37.0. The number of hydrogen-bond acceptors (Lipinski definition) is 3. The molecule has 2 heterocycles. The molecule has 0 bridgehead atoms. The van der Waals surface area contributed by atoms with Crippen LogP contribution in [-0.4, -0.2) is 67.4 Å². The number of amides is 1. The van der Waals surface area contributed by atoms with E-state index in [1.807, 2.05) is 4.90 Å². The monoisotopic (exact) mass is 322 g/mol. The van der Waals surface area contributed by atoms with Crippen molar-refractivity contribution in [3.05, 3.63) is 0 Å². The molecule has 126 valence electrons. The van der Waals surface area contributed by atoms with Crippen molar-refractivity contribution in [2.75, 3.05) is 33.2 Å².